The number of anilines is 1. The molecular weight excluding hydrogens is 271 g/mol. The van der Waals surface area contributed by atoms with Crippen molar-refractivity contribution in [3.63, 3.8) is 0 Å². The summed E-state index contributed by atoms with van der Waals surface area (Å²) in [7, 11) is 0. The summed E-state index contributed by atoms with van der Waals surface area (Å²) in [4.78, 5) is 17.7. The van der Waals surface area contributed by atoms with E-state index in [9.17, 15) is 14.5 Å². The number of hydrogen-bond acceptors (Lipinski definition) is 6. The second kappa shape index (κ2) is 5.61. The average Bonchev–Trinajstić information content (AvgIpc) is 2.39. The summed E-state index contributed by atoms with van der Waals surface area (Å²) in [6, 6.07) is 4.05. The molecule has 0 spiro atoms. The number of thioether (sulfide) groups is 1. The maximum atomic E-state index is 13.8. The fourth-order valence-corrected chi connectivity index (χ4v) is 2.26. The third kappa shape index (κ3) is 2.97. The predicted molar refractivity (Wildman–Crippen MR) is 69.1 cm³/mol. The number of rotatable bonds is 4. The van der Waals surface area contributed by atoms with Crippen molar-refractivity contribution in [2.45, 2.75) is 10.8 Å². The molecule has 2 aromatic rings. The maximum Gasteiger partial charge on any atom is 0.305 e. The third-order valence-electron chi connectivity index (χ3n) is 2.31. The van der Waals surface area contributed by atoms with Crippen molar-refractivity contribution in [3.05, 3.63) is 52.1 Å². The van der Waals surface area contributed by atoms with Gasteiger partial charge in [-0.05, 0) is 0 Å². The highest BCUT2D eigenvalue weighted by Gasteiger charge is 2.17. The average molecular weight is 280 g/mol. The maximum absolute atomic E-state index is 13.8. The molecule has 2 N–H and O–H groups in total. The fraction of sp³-hybridized carbons (Fsp3) is 0.0909. The van der Waals surface area contributed by atoms with Gasteiger partial charge in [0.25, 0.3) is 0 Å². The Morgan fingerprint density at radius 2 is 2.11 bits per heavy atom. The summed E-state index contributed by atoms with van der Waals surface area (Å²) in [6.07, 6.45) is 2.93. The SMILES string of the molecule is Nc1nccnc1SCc1cccc([N+](=O)[O-])c1F. The molecule has 0 aliphatic heterocycles. The van der Waals surface area contributed by atoms with Crippen LogP contribution in [0.15, 0.2) is 35.6 Å². The highest BCUT2D eigenvalue weighted by molar-refractivity contribution is 7.98. The normalized spacial score (nSPS) is 10.4. The molecule has 0 aliphatic rings. The summed E-state index contributed by atoms with van der Waals surface area (Å²) in [5, 5.41) is 11.1. The molecule has 8 heteroatoms. The Balaban J connectivity index is 2.19. The first kappa shape index (κ1) is 13.2. The van der Waals surface area contributed by atoms with Crippen molar-refractivity contribution in [2.24, 2.45) is 0 Å². The zero-order valence-electron chi connectivity index (χ0n) is 9.62. The second-order valence-electron chi connectivity index (χ2n) is 3.54. The minimum absolute atomic E-state index is 0.191. The molecule has 0 fully saturated rings. The van der Waals surface area contributed by atoms with Gasteiger partial charge in [0.15, 0.2) is 5.82 Å². The Morgan fingerprint density at radius 3 is 2.79 bits per heavy atom. The van der Waals surface area contributed by atoms with Crippen LogP contribution in [0.25, 0.3) is 0 Å². The lowest BCUT2D eigenvalue weighted by Gasteiger charge is -2.04. The Morgan fingerprint density at radius 1 is 1.37 bits per heavy atom. The van der Waals surface area contributed by atoms with Gasteiger partial charge in [-0.2, -0.15) is 4.39 Å². The number of nitrogen functional groups attached to an aromatic ring is 1. The highest BCUT2D eigenvalue weighted by atomic mass is 32.2. The molecule has 0 amide bonds. The standard InChI is InChI=1S/C11H9FN4O2S/c12-9-7(2-1-3-8(9)16(17)18)6-19-11-10(13)14-4-5-15-11/h1-5H,6H2,(H2,13,14). The van der Waals surface area contributed by atoms with E-state index in [2.05, 4.69) is 9.97 Å². The summed E-state index contributed by atoms with van der Waals surface area (Å²) >= 11 is 1.17. The van der Waals surface area contributed by atoms with E-state index in [4.69, 9.17) is 5.73 Å². The highest BCUT2D eigenvalue weighted by Crippen LogP contribution is 2.28. The summed E-state index contributed by atoms with van der Waals surface area (Å²) in [6.45, 7) is 0. The number of nitrogens with zero attached hydrogens (tertiary/aromatic N) is 3. The fourth-order valence-electron chi connectivity index (χ4n) is 1.41. The molecule has 19 heavy (non-hydrogen) atoms. The van der Waals surface area contributed by atoms with Crippen LogP contribution < -0.4 is 5.73 Å². The lowest BCUT2D eigenvalue weighted by atomic mass is 10.2. The molecular formula is C11H9FN4O2S. The van der Waals surface area contributed by atoms with Crippen molar-refractivity contribution in [2.75, 3.05) is 5.73 Å². The second-order valence-corrected chi connectivity index (χ2v) is 4.51. The predicted octanol–water partition coefficient (Wildman–Crippen LogP) is 2.40. The number of aromatic nitrogens is 2. The first-order chi connectivity index (χ1) is 9.09. The molecule has 1 aromatic carbocycles. The van der Waals surface area contributed by atoms with E-state index in [0.717, 1.165) is 6.07 Å². The molecule has 6 nitrogen and oxygen atoms in total. The minimum Gasteiger partial charge on any atom is -0.381 e. The smallest absolute Gasteiger partial charge is 0.305 e. The van der Waals surface area contributed by atoms with Gasteiger partial charge in [0.05, 0.1) is 4.92 Å². The van der Waals surface area contributed by atoms with Crippen molar-refractivity contribution in [1.29, 1.82) is 0 Å². The van der Waals surface area contributed by atoms with Gasteiger partial charge >= 0.3 is 5.69 Å². The minimum atomic E-state index is -0.831. The molecule has 0 atom stereocenters. The van der Waals surface area contributed by atoms with Crippen LogP contribution in [0.4, 0.5) is 15.9 Å². The molecule has 0 aliphatic carbocycles. The van der Waals surface area contributed by atoms with Crippen molar-refractivity contribution in [3.8, 4) is 0 Å². The van der Waals surface area contributed by atoms with E-state index in [1.165, 1.54) is 36.3 Å². The van der Waals surface area contributed by atoms with E-state index in [0.29, 0.717) is 5.03 Å². The number of nitro groups is 1. The van der Waals surface area contributed by atoms with Crippen LogP contribution in [0, 0.1) is 15.9 Å². The van der Waals surface area contributed by atoms with Crippen molar-refractivity contribution >= 4 is 23.3 Å². The summed E-state index contributed by atoms with van der Waals surface area (Å²) in [5.41, 5.74) is 5.29. The molecule has 0 unspecified atom stereocenters. The van der Waals surface area contributed by atoms with Crippen LogP contribution in [0.3, 0.4) is 0 Å². The summed E-state index contributed by atoms with van der Waals surface area (Å²) < 4.78 is 13.8. The Kier molecular flexibility index (Phi) is 3.91. The molecule has 0 radical (unpaired) electrons. The number of benzene rings is 1. The van der Waals surface area contributed by atoms with Crippen LogP contribution in [0.1, 0.15) is 5.56 Å². The molecule has 1 aromatic heterocycles. The molecule has 1 heterocycles. The first-order valence-corrected chi connectivity index (χ1v) is 6.19. The third-order valence-corrected chi connectivity index (χ3v) is 3.35. The van der Waals surface area contributed by atoms with E-state index < -0.39 is 16.4 Å². The van der Waals surface area contributed by atoms with Gasteiger partial charge in [0.1, 0.15) is 5.03 Å². The van der Waals surface area contributed by atoms with Crippen LogP contribution >= 0.6 is 11.8 Å². The Hall–Kier alpha value is -2.22. The van der Waals surface area contributed by atoms with E-state index in [1.54, 1.807) is 0 Å². The van der Waals surface area contributed by atoms with Gasteiger partial charge in [0.2, 0.25) is 5.82 Å². The molecule has 98 valence electrons. The topological polar surface area (TPSA) is 94.9 Å². The van der Waals surface area contributed by atoms with Gasteiger partial charge in [0, 0.05) is 29.8 Å². The van der Waals surface area contributed by atoms with Gasteiger partial charge in [-0.25, -0.2) is 9.97 Å². The molecule has 2 rings (SSSR count). The Labute approximate surface area is 112 Å². The van der Waals surface area contributed by atoms with E-state index in [-0.39, 0.29) is 17.1 Å². The van der Waals surface area contributed by atoms with E-state index >= 15 is 0 Å². The van der Waals surface area contributed by atoms with Crippen molar-refractivity contribution < 1.29 is 9.31 Å². The number of nitrogens with two attached hydrogens (primary N) is 1. The van der Waals surface area contributed by atoms with Crippen molar-refractivity contribution in [1.82, 2.24) is 9.97 Å². The monoisotopic (exact) mass is 280 g/mol. The Bertz CT molecular complexity index is 623. The van der Waals surface area contributed by atoms with Crippen LogP contribution in [0.5, 0.6) is 0 Å². The lowest BCUT2D eigenvalue weighted by Crippen LogP contribution is -1.98. The van der Waals surface area contributed by atoms with Gasteiger partial charge in [-0.15, -0.1) is 0 Å². The largest absolute Gasteiger partial charge is 0.381 e. The number of nitro benzene ring substituents is 1. The van der Waals surface area contributed by atoms with Crippen LogP contribution in [0.2, 0.25) is 0 Å². The molecule has 0 bridgehead atoms. The number of hydrogen-bond donors (Lipinski definition) is 1. The van der Waals surface area contributed by atoms with Gasteiger partial charge < -0.3 is 5.73 Å². The van der Waals surface area contributed by atoms with Crippen LogP contribution in [-0.4, -0.2) is 14.9 Å². The summed E-state index contributed by atoms with van der Waals surface area (Å²) in [5.74, 6) is -0.392. The zero-order chi connectivity index (χ0) is 13.8. The molecule has 0 saturated heterocycles. The lowest BCUT2D eigenvalue weighted by molar-refractivity contribution is -0.387. The van der Waals surface area contributed by atoms with E-state index in [1.807, 2.05) is 0 Å². The quantitative estimate of drug-likeness (QED) is 0.525. The number of halogens is 1. The first-order valence-electron chi connectivity index (χ1n) is 5.20. The van der Waals surface area contributed by atoms with Gasteiger partial charge in [-0.3, -0.25) is 10.1 Å². The van der Waals surface area contributed by atoms with Gasteiger partial charge in [-0.1, -0.05) is 23.9 Å². The molecule has 0 saturated carbocycles. The zero-order valence-corrected chi connectivity index (χ0v) is 10.4. The van der Waals surface area contributed by atoms with Crippen LogP contribution in [-0.2, 0) is 5.75 Å².